The molecule has 1 N–H and O–H groups in total. The first-order chi connectivity index (χ1) is 4.93. The minimum Gasteiger partial charge on any atom is -0.383 e. The molecule has 0 fully saturated rings. The molecular formula is C6H11F3OS. The average molecular weight is 188 g/mol. The van der Waals surface area contributed by atoms with Crippen molar-refractivity contribution in [3.8, 4) is 0 Å². The second-order valence-corrected chi connectivity index (χ2v) is 3.25. The highest BCUT2D eigenvalue weighted by Crippen LogP contribution is 2.28. The van der Waals surface area contributed by atoms with Gasteiger partial charge in [0.05, 0.1) is 0 Å². The van der Waals surface area contributed by atoms with Crippen molar-refractivity contribution in [2.75, 3.05) is 6.26 Å². The summed E-state index contributed by atoms with van der Waals surface area (Å²) in [6.07, 6.45) is -4.79. The Bertz CT molecular complexity index is 111. The van der Waals surface area contributed by atoms with E-state index in [-0.39, 0.29) is 0 Å². The summed E-state index contributed by atoms with van der Waals surface area (Å²) in [6, 6.07) is 0. The van der Waals surface area contributed by atoms with E-state index in [1.807, 2.05) is 0 Å². The lowest BCUT2D eigenvalue weighted by molar-refractivity contribution is -0.203. The third kappa shape index (κ3) is 3.33. The van der Waals surface area contributed by atoms with Gasteiger partial charge < -0.3 is 5.11 Å². The summed E-state index contributed by atoms with van der Waals surface area (Å²) in [7, 11) is 0. The van der Waals surface area contributed by atoms with E-state index in [1.165, 1.54) is 0 Å². The molecule has 0 rings (SSSR count). The fourth-order valence-electron chi connectivity index (χ4n) is 0.730. The molecule has 11 heavy (non-hydrogen) atoms. The second kappa shape index (κ2) is 4.21. The van der Waals surface area contributed by atoms with E-state index in [9.17, 15) is 13.2 Å². The normalized spacial score (nSPS) is 18.0. The molecule has 2 atom stereocenters. The first kappa shape index (κ1) is 11.1. The van der Waals surface area contributed by atoms with Crippen LogP contribution in [0.2, 0.25) is 0 Å². The number of hydrogen-bond acceptors (Lipinski definition) is 2. The van der Waals surface area contributed by atoms with Crippen LogP contribution in [0.15, 0.2) is 0 Å². The second-order valence-electron chi connectivity index (χ2n) is 2.17. The zero-order valence-corrected chi connectivity index (χ0v) is 7.17. The van der Waals surface area contributed by atoms with E-state index in [2.05, 4.69) is 0 Å². The van der Waals surface area contributed by atoms with Gasteiger partial charge in [0, 0.05) is 5.25 Å². The number of halogens is 3. The van der Waals surface area contributed by atoms with Gasteiger partial charge in [-0.05, 0) is 12.7 Å². The fourth-order valence-corrected chi connectivity index (χ4v) is 1.48. The molecule has 0 heterocycles. The first-order valence-electron chi connectivity index (χ1n) is 3.21. The molecule has 0 radical (unpaired) electrons. The number of aliphatic hydroxyl groups excluding tert-OH is 1. The van der Waals surface area contributed by atoms with Gasteiger partial charge in [-0.3, -0.25) is 0 Å². The topological polar surface area (TPSA) is 20.2 Å². The number of aliphatic hydroxyl groups is 1. The maximum Gasteiger partial charge on any atom is 0.415 e. The number of hydrogen-bond donors (Lipinski definition) is 1. The summed E-state index contributed by atoms with van der Waals surface area (Å²) in [5, 5.41) is 7.96. The van der Waals surface area contributed by atoms with E-state index in [0.717, 1.165) is 11.8 Å². The van der Waals surface area contributed by atoms with Gasteiger partial charge in [0.25, 0.3) is 0 Å². The molecule has 0 aromatic rings. The average Bonchev–Trinajstić information content (AvgIpc) is 1.88. The monoisotopic (exact) mass is 188 g/mol. The summed E-state index contributed by atoms with van der Waals surface area (Å²) in [5.41, 5.74) is 0. The van der Waals surface area contributed by atoms with Crippen LogP contribution >= 0.6 is 11.8 Å². The lowest BCUT2D eigenvalue weighted by atomic mass is 10.2. The Kier molecular flexibility index (Phi) is 4.25. The van der Waals surface area contributed by atoms with Crippen molar-refractivity contribution in [1.82, 2.24) is 0 Å². The van der Waals surface area contributed by atoms with E-state index in [4.69, 9.17) is 5.11 Å². The van der Waals surface area contributed by atoms with Crippen LogP contribution in [0.4, 0.5) is 13.2 Å². The smallest absolute Gasteiger partial charge is 0.383 e. The van der Waals surface area contributed by atoms with Crippen molar-refractivity contribution in [3.63, 3.8) is 0 Å². The van der Waals surface area contributed by atoms with Gasteiger partial charge in [0.1, 0.15) is 0 Å². The van der Waals surface area contributed by atoms with E-state index in [0.29, 0.717) is 6.42 Å². The fraction of sp³-hybridized carbons (Fsp3) is 1.00. The van der Waals surface area contributed by atoms with Crippen LogP contribution < -0.4 is 0 Å². The van der Waals surface area contributed by atoms with Gasteiger partial charge in [-0.15, -0.1) is 0 Å². The lowest BCUT2D eigenvalue weighted by Crippen LogP contribution is -2.37. The quantitative estimate of drug-likeness (QED) is 0.731. The minimum absolute atomic E-state index is 0.321. The van der Waals surface area contributed by atoms with Crippen molar-refractivity contribution < 1.29 is 18.3 Å². The van der Waals surface area contributed by atoms with Crippen molar-refractivity contribution in [3.05, 3.63) is 0 Å². The molecule has 0 aromatic heterocycles. The van der Waals surface area contributed by atoms with Crippen LogP contribution in [0.5, 0.6) is 0 Å². The molecule has 2 unspecified atom stereocenters. The molecule has 0 saturated heterocycles. The Morgan fingerprint density at radius 2 is 1.91 bits per heavy atom. The highest BCUT2D eigenvalue weighted by Gasteiger charge is 2.42. The van der Waals surface area contributed by atoms with Crippen molar-refractivity contribution in [2.45, 2.75) is 30.9 Å². The minimum atomic E-state index is -4.48. The maximum absolute atomic E-state index is 11.8. The Balaban J connectivity index is 4.09. The number of rotatable bonds is 3. The Morgan fingerprint density at radius 3 is 2.00 bits per heavy atom. The molecule has 0 aromatic carbocycles. The van der Waals surface area contributed by atoms with Crippen molar-refractivity contribution in [2.24, 2.45) is 0 Å². The summed E-state index contributed by atoms with van der Waals surface area (Å²) in [6.45, 7) is 1.62. The van der Waals surface area contributed by atoms with Gasteiger partial charge in [-0.25, -0.2) is 0 Å². The lowest BCUT2D eigenvalue weighted by Gasteiger charge is -2.21. The van der Waals surface area contributed by atoms with Crippen molar-refractivity contribution in [1.29, 1.82) is 0 Å². The largest absolute Gasteiger partial charge is 0.415 e. The van der Waals surface area contributed by atoms with E-state index < -0.39 is 17.5 Å². The number of alkyl halides is 3. The van der Waals surface area contributed by atoms with E-state index in [1.54, 1.807) is 13.2 Å². The summed E-state index contributed by atoms with van der Waals surface area (Å²) >= 11 is 1.03. The van der Waals surface area contributed by atoms with E-state index >= 15 is 0 Å². The molecule has 0 aliphatic carbocycles. The van der Waals surface area contributed by atoms with Gasteiger partial charge in [0.15, 0.2) is 6.10 Å². The molecule has 0 spiro atoms. The zero-order chi connectivity index (χ0) is 9.07. The van der Waals surface area contributed by atoms with Crippen LogP contribution in [0.1, 0.15) is 13.3 Å². The summed E-state index contributed by atoms with van der Waals surface area (Å²) < 4.78 is 35.4. The third-order valence-electron chi connectivity index (χ3n) is 1.39. The molecule has 0 saturated carbocycles. The standard InChI is InChI=1S/C6H11F3OS/c1-3-4(11-2)5(10)6(7,8)9/h4-5,10H,3H2,1-2H3. The molecule has 0 amide bonds. The molecular weight excluding hydrogens is 177 g/mol. The van der Waals surface area contributed by atoms with Crippen LogP contribution in [-0.2, 0) is 0 Å². The maximum atomic E-state index is 11.8. The molecule has 0 bridgehead atoms. The van der Waals surface area contributed by atoms with Crippen LogP contribution in [0.3, 0.4) is 0 Å². The van der Waals surface area contributed by atoms with Gasteiger partial charge in [-0.1, -0.05) is 6.92 Å². The zero-order valence-electron chi connectivity index (χ0n) is 6.35. The highest BCUT2D eigenvalue weighted by molar-refractivity contribution is 7.99. The Morgan fingerprint density at radius 1 is 1.45 bits per heavy atom. The van der Waals surface area contributed by atoms with Crippen LogP contribution in [-0.4, -0.2) is 28.9 Å². The van der Waals surface area contributed by atoms with Gasteiger partial charge >= 0.3 is 6.18 Å². The van der Waals surface area contributed by atoms with Gasteiger partial charge in [-0.2, -0.15) is 24.9 Å². The molecule has 0 aliphatic rings. The summed E-state index contributed by atoms with van der Waals surface area (Å²) in [4.78, 5) is 0. The number of thioether (sulfide) groups is 1. The highest BCUT2D eigenvalue weighted by atomic mass is 32.2. The molecule has 1 nitrogen and oxygen atoms in total. The predicted octanol–water partition coefficient (Wildman–Crippen LogP) is 2.05. The molecule has 0 aliphatic heterocycles. The SMILES string of the molecule is CCC(SC)C(O)C(F)(F)F. The van der Waals surface area contributed by atoms with Crippen molar-refractivity contribution >= 4 is 11.8 Å². The Hall–Kier alpha value is 0.100. The van der Waals surface area contributed by atoms with Gasteiger partial charge in [0.2, 0.25) is 0 Å². The predicted molar refractivity (Wildman–Crippen MR) is 39.7 cm³/mol. The van der Waals surface area contributed by atoms with Crippen LogP contribution in [0.25, 0.3) is 0 Å². The van der Waals surface area contributed by atoms with Crippen LogP contribution in [0, 0.1) is 0 Å². The Labute approximate surface area is 68.0 Å². The first-order valence-corrected chi connectivity index (χ1v) is 4.49. The molecule has 68 valence electrons. The summed E-state index contributed by atoms with van der Waals surface area (Å²) in [5.74, 6) is 0. The molecule has 5 heteroatoms. The third-order valence-corrected chi connectivity index (χ3v) is 2.59.